The number of alkyl halides is 3. The summed E-state index contributed by atoms with van der Waals surface area (Å²) >= 11 is -0.285. The molecule has 0 spiro atoms. The van der Waals surface area contributed by atoms with Crippen LogP contribution in [0.5, 0.6) is 0 Å². The van der Waals surface area contributed by atoms with Crippen LogP contribution in [0.3, 0.4) is 0 Å². The number of thioether (sulfide) groups is 1. The third-order valence-corrected chi connectivity index (χ3v) is 5.28. The zero-order valence-corrected chi connectivity index (χ0v) is 12.6. The Morgan fingerprint density at radius 2 is 1.86 bits per heavy atom. The zero-order valence-electron chi connectivity index (χ0n) is 10.9. The normalized spacial score (nSPS) is 17.7. The van der Waals surface area contributed by atoms with Gasteiger partial charge in [0.15, 0.2) is 0 Å². The largest absolute Gasteiger partial charge is 0.446 e. The molecule has 3 N–H and O–H groups in total. The van der Waals surface area contributed by atoms with E-state index < -0.39 is 15.5 Å². The fourth-order valence-corrected chi connectivity index (χ4v) is 3.41. The van der Waals surface area contributed by atoms with Crippen LogP contribution in [0.4, 0.5) is 13.2 Å². The number of sulfonamides is 1. The molecule has 0 aliphatic heterocycles. The molecule has 4 nitrogen and oxygen atoms in total. The average molecular weight is 340 g/mol. The van der Waals surface area contributed by atoms with Crippen LogP contribution in [-0.2, 0) is 10.0 Å². The molecule has 1 saturated carbocycles. The lowest BCUT2D eigenvalue weighted by atomic mass is 10.2. The van der Waals surface area contributed by atoms with Crippen molar-refractivity contribution in [2.24, 2.45) is 11.7 Å². The fraction of sp³-hybridized carbons (Fsp3) is 0.500. The minimum absolute atomic E-state index is 0.0591. The highest BCUT2D eigenvalue weighted by atomic mass is 32.2. The summed E-state index contributed by atoms with van der Waals surface area (Å²) in [7, 11) is -3.74. The smallest absolute Gasteiger partial charge is 0.326 e. The Labute approximate surface area is 125 Å². The number of nitrogens with two attached hydrogens (primary N) is 1. The van der Waals surface area contributed by atoms with Gasteiger partial charge in [-0.2, -0.15) is 13.2 Å². The lowest BCUT2D eigenvalue weighted by Gasteiger charge is -2.12. The number of benzene rings is 1. The average Bonchev–Trinajstić information content (AvgIpc) is 3.19. The van der Waals surface area contributed by atoms with Crippen molar-refractivity contribution >= 4 is 21.8 Å². The molecule has 9 heteroatoms. The third kappa shape index (κ3) is 5.17. The molecule has 0 saturated heterocycles. The molecule has 21 heavy (non-hydrogen) atoms. The molecule has 1 unspecified atom stereocenters. The predicted octanol–water partition coefficient (Wildman–Crippen LogP) is 2.31. The monoisotopic (exact) mass is 340 g/mol. The summed E-state index contributed by atoms with van der Waals surface area (Å²) in [5, 5.41) is 0. The molecular formula is C12H15F3N2O2S2. The van der Waals surface area contributed by atoms with E-state index in [1.807, 2.05) is 0 Å². The van der Waals surface area contributed by atoms with Crippen molar-refractivity contribution in [1.29, 1.82) is 0 Å². The van der Waals surface area contributed by atoms with Crippen molar-refractivity contribution < 1.29 is 21.6 Å². The van der Waals surface area contributed by atoms with Crippen LogP contribution >= 0.6 is 11.8 Å². The van der Waals surface area contributed by atoms with Crippen molar-refractivity contribution in [3.63, 3.8) is 0 Å². The van der Waals surface area contributed by atoms with Gasteiger partial charge in [-0.15, -0.1) is 0 Å². The predicted molar refractivity (Wildman–Crippen MR) is 74.2 cm³/mol. The van der Waals surface area contributed by atoms with Crippen molar-refractivity contribution in [3.8, 4) is 0 Å². The van der Waals surface area contributed by atoms with E-state index in [1.54, 1.807) is 0 Å². The van der Waals surface area contributed by atoms with Crippen molar-refractivity contribution in [2.75, 3.05) is 6.54 Å². The second-order valence-corrected chi connectivity index (χ2v) is 7.78. The van der Waals surface area contributed by atoms with Crippen LogP contribution < -0.4 is 10.5 Å². The summed E-state index contributed by atoms with van der Waals surface area (Å²) in [4.78, 5) is -0.131. The number of nitrogens with one attached hydrogen (secondary N) is 1. The van der Waals surface area contributed by atoms with Crippen LogP contribution in [0.1, 0.15) is 12.8 Å². The second-order valence-electron chi connectivity index (χ2n) is 4.87. The first-order valence-electron chi connectivity index (χ1n) is 6.28. The van der Waals surface area contributed by atoms with E-state index in [-0.39, 0.29) is 34.1 Å². The first kappa shape index (κ1) is 16.6. The summed E-state index contributed by atoms with van der Waals surface area (Å²) in [6.45, 7) is 0.131. The van der Waals surface area contributed by atoms with Gasteiger partial charge in [0, 0.05) is 17.5 Å². The van der Waals surface area contributed by atoms with E-state index >= 15 is 0 Å². The van der Waals surface area contributed by atoms with Crippen LogP contribution in [0, 0.1) is 5.92 Å². The number of halogens is 3. The van der Waals surface area contributed by atoms with Gasteiger partial charge in [-0.25, -0.2) is 13.1 Å². The van der Waals surface area contributed by atoms with Gasteiger partial charge in [-0.05, 0) is 54.8 Å². The molecule has 0 amide bonds. The SMILES string of the molecule is NC(CNS(=O)(=O)c1ccc(SC(F)(F)F)cc1)C1CC1. The Kier molecular flexibility index (Phi) is 4.86. The van der Waals surface area contributed by atoms with Gasteiger partial charge in [0.25, 0.3) is 0 Å². The molecule has 0 radical (unpaired) electrons. The third-order valence-electron chi connectivity index (χ3n) is 3.10. The van der Waals surface area contributed by atoms with E-state index in [0.717, 1.165) is 37.1 Å². The summed E-state index contributed by atoms with van der Waals surface area (Å²) < 4.78 is 62.9. The highest BCUT2D eigenvalue weighted by Gasteiger charge is 2.30. The van der Waals surface area contributed by atoms with Gasteiger partial charge >= 0.3 is 5.51 Å². The van der Waals surface area contributed by atoms with Crippen molar-refractivity contribution in [3.05, 3.63) is 24.3 Å². The van der Waals surface area contributed by atoms with E-state index in [4.69, 9.17) is 5.73 Å². The maximum Gasteiger partial charge on any atom is 0.446 e. The molecule has 1 fully saturated rings. The molecule has 1 aromatic carbocycles. The van der Waals surface area contributed by atoms with Gasteiger partial charge in [0.2, 0.25) is 10.0 Å². The summed E-state index contributed by atoms with van der Waals surface area (Å²) in [6.07, 6.45) is 2.01. The highest BCUT2D eigenvalue weighted by Crippen LogP contribution is 2.37. The first-order chi connectivity index (χ1) is 9.67. The summed E-state index contributed by atoms with van der Waals surface area (Å²) in [5.74, 6) is 0.360. The maximum absolute atomic E-state index is 12.2. The van der Waals surface area contributed by atoms with Gasteiger partial charge in [-0.3, -0.25) is 0 Å². The number of hydrogen-bond donors (Lipinski definition) is 2. The number of rotatable bonds is 6. The summed E-state index contributed by atoms with van der Waals surface area (Å²) in [6, 6.07) is 4.35. The second kappa shape index (κ2) is 6.15. The minimum atomic E-state index is -4.39. The summed E-state index contributed by atoms with van der Waals surface area (Å²) in [5.41, 5.74) is 1.41. The Morgan fingerprint density at radius 1 is 1.29 bits per heavy atom. The Balaban J connectivity index is 1.99. The van der Waals surface area contributed by atoms with Gasteiger partial charge in [-0.1, -0.05) is 0 Å². The first-order valence-corrected chi connectivity index (χ1v) is 8.58. The molecule has 1 aromatic rings. The number of hydrogen-bond acceptors (Lipinski definition) is 4. The molecule has 0 bridgehead atoms. The van der Waals surface area contributed by atoms with Crippen LogP contribution in [0.15, 0.2) is 34.1 Å². The Morgan fingerprint density at radius 3 is 2.33 bits per heavy atom. The molecule has 2 rings (SSSR count). The molecule has 1 aliphatic rings. The highest BCUT2D eigenvalue weighted by molar-refractivity contribution is 8.00. The topological polar surface area (TPSA) is 72.2 Å². The van der Waals surface area contributed by atoms with E-state index in [2.05, 4.69) is 4.72 Å². The van der Waals surface area contributed by atoms with Gasteiger partial charge in [0.1, 0.15) is 0 Å². The lowest BCUT2D eigenvalue weighted by molar-refractivity contribution is -0.0328. The standard InChI is InChI=1S/C12H15F3N2O2S2/c13-12(14,15)20-9-3-5-10(6-4-9)21(18,19)17-7-11(16)8-1-2-8/h3-6,8,11,17H,1-2,7,16H2. The lowest BCUT2D eigenvalue weighted by Crippen LogP contribution is -2.38. The van der Waals surface area contributed by atoms with E-state index in [0.29, 0.717) is 5.92 Å². The molecular weight excluding hydrogens is 325 g/mol. The molecule has 0 aromatic heterocycles. The van der Waals surface area contributed by atoms with Crippen LogP contribution in [0.25, 0.3) is 0 Å². The fourth-order valence-electron chi connectivity index (χ4n) is 1.80. The molecule has 118 valence electrons. The van der Waals surface area contributed by atoms with Crippen LogP contribution in [0.2, 0.25) is 0 Å². The zero-order chi connectivity index (χ0) is 15.7. The Bertz CT molecular complexity index is 584. The van der Waals surface area contributed by atoms with Gasteiger partial charge in [0.05, 0.1) is 4.90 Å². The molecule has 0 heterocycles. The molecule has 1 aliphatic carbocycles. The maximum atomic E-state index is 12.2. The minimum Gasteiger partial charge on any atom is -0.326 e. The van der Waals surface area contributed by atoms with Crippen molar-refractivity contribution in [1.82, 2.24) is 4.72 Å². The van der Waals surface area contributed by atoms with Crippen LogP contribution in [-0.4, -0.2) is 26.5 Å². The molecule has 1 atom stereocenters. The van der Waals surface area contributed by atoms with E-state index in [9.17, 15) is 21.6 Å². The van der Waals surface area contributed by atoms with E-state index in [1.165, 1.54) is 0 Å². The Hall–Kier alpha value is -0.770. The van der Waals surface area contributed by atoms with Gasteiger partial charge < -0.3 is 5.73 Å². The van der Waals surface area contributed by atoms with Crippen molar-refractivity contribution in [2.45, 2.75) is 34.2 Å². The quantitative estimate of drug-likeness (QED) is 0.780.